The first-order valence-corrected chi connectivity index (χ1v) is 8.50. The minimum atomic E-state index is -4.39. The molecule has 0 aromatic heterocycles. The van der Waals surface area contributed by atoms with Crippen LogP contribution < -0.4 is 0 Å². The van der Waals surface area contributed by atoms with Crippen LogP contribution in [0.2, 0.25) is 0 Å². The maximum atomic E-state index is 12.7. The van der Waals surface area contributed by atoms with Gasteiger partial charge >= 0.3 is 13.8 Å². The van der Waals surface area contributed by atoms with Crippen LogP contribution in [0.3, 0.4) is 0 Å². The van der Waals surface area contributed by atoms with Crippen molar-refractivity contribution in [2.45, 2.75) is 32.9 Å². The first kappa shape index (κ1) is 18.2. The van der Waals surface area contributed by atoms with E-state index in [1.165, 1.54) is 6.07 Å². The second kappa shape index (κ2) is 7.43. The minimum absolute atomic E-state index is 0.0516. The van der Waals surface area contributed by atoms with Gasteiger partial charge in [-0.3, -0.25) is 4.57 Å². The van der Waals surface area contributed by atoms with Crippen LogP contribution in [0.5, 0.6) is 0 Å². The van der Waals surface area contributed by atoms with E-state index in [1.807, 2.05) is 0 Å². The maximum Gasteiger partial charge on any atom is 0.416 e. The molecule has 3 nitrogen and oxygen atoms in total. The highest BCUT2D eigenvalue weighted by Gasteiger charge is 2.32. The lowest BCUT2D eigenvalue weighted by atomic mass is 10.0. The second-order valence-corrected chi connectivity index (χ2v) is 6.76. The third-order valence-electron chi connectivity index (χ3n) is 2.93. The summed E-state index contributed by atoms with van der Waals surface area (Å²) in [6, 6.07) is 5.02. The second-order valence-electron chi connectivity index (χ2n) is 4.65. The molecule has 0 heterocycles. The zero-order valence-corrected chi connectivity index (χ0v) is 13.2. The molecule has 0 saturated heterocycles. The van der Waals surface area contributed by atoms with E-state index in [4.69, 9.17) is 9.05 Å². The molecule has 0 bridgehead atoms. The smallest absolute Gasteiger partial charge is 0.309 e. The molecular formula is C14H20F3O3P. The summed E-state index contributed by atoms with van der Waals surface area (Å²) in [7, 11) is -3.28. The highest BCUT2D eigenvalue weighted by atomic mass is 31.2. The van der Waals surface area contributed by atoms with Gasteiger partial charge in [0.1, 0.15) is 0 Å². The SMILES string of the molecule is CCOP(=O)(CC(C)c1cccc(C(F)(F)F)c1)OCC. The standard InChI is InChI=1S/C14H20F3O3P/c1-4-19-21(18,20-5-2)10-11(3)12-7-6-8-13(9-12)14(15,16)17/h6-9,11H,4-5,10H2,1-3H3. The van der Waals surface area contributed by atoms with Gasteiger partial charge in [-0.2, -0.15) is 13.2 Å². The Balaban J connectivity index is 2.93. The highest BCUT2D eigenvalue weighted by molar-refractivity contribution is 7.53. The van der Waals surface area contributed by atoms with Crippen molar-refractivity contribution in [3.05, 3.63) is 35.4 Å². The van der Waals surface area contributed by atoms with Gasteiger partial charge in [0.25, 0.3) is 0 Å². The van der Waals surface area contributed by atoms with Gasteiger partial charge in [-0.25, -0.2) is 0 Å². The molecule has 0 amide bonds. The molecular weight excluding hydrogens is 304 g/mol. The molecule has 1 aromatic carbocycles. The Hall–Kier alpha value is -0.840. The van der Waals surface area contributed by atoms with Crippen LogP contribution >= 0.6 is 7.60 Å². The van der Waals surface area contributed by atoms with Crippen LogP contribution in [-0.2, 0) is 19.8 Å². The molecule has 120 valence electrons. The van der Waals surface area contributed by atoms with E-state index in [0.29, 0.717) is 5.56 Å². The lowest BCUT2D eigenvalue weighted by molar-refractivity contribution is -0.137. The van der Waals surface area contributed by atoms with E-state index < -0.39 is 19.3 Å². The largest absolute Gasteiger partial charge is 0.416 e. The van der Waals surface area contributed by atoms with Gasteiger partial charge < -0.3 is 9.05 Å². The molecule has 0 aliphatic heterocycles. The van der Waals surface area contributed by atoms with Gasteiger partial charge in [0, 0.05) is 0 Å². The Morgan fingerprint density at radius 1 is 1.19 bits per heavy atom. The summed E-state index contributed by atoms with van der Waals surface area (Å²) in [6.07, 6.45) is -4.34. The molecule has 0 fully saturated rings. The Bertz CT molecular complexity index is 492. The highest BCUT2D eigenvalue weighted by Crippen LogP contribution is 2.51. The molecule has 1 aromatic rings. The van der Waals surface area contributed by atoms with E-state index >= 15 is 0 Å². The topological polar surface area (TPSA) is 35.5 Å². The van der Waals surface area contributed by atoms with E-state index in [0.717, 1.165) is 12.1 Å². The number of rotatable bonds is 7. The van der Waals surface area contributed by atoms with Crippen molar-refractivity contribution in [3.63, 3.8) is 0 Å². The van der Waals surface area contributed by atoms with Gasteiger partial charge in [-0.1, -0.05) is 25.1 Å². The van der Waals surface area contributed by atoms with Crippen molar-refractivity contribution >= 4 is 7.60 Å². The van der Waals surface area contributed by atoms with Gasteiger partial charge in [-0.15, -0.1) is 0 Å². The molecule has 1 unspecified atom stereocenters. The first-order chi connectivity index (χ1) is 9.72. The van der Waals surface area contributed by atoms with Crippen molar-refractivity contribution in [3.8, 4) is 0 Å². The van der Waals surface area contributed by atoms with Crippen molar-refractivity contribution in [1.29, 1.82) is 0 Å². The van der Waals surface area contributed by atoms with Crippen molar-refractivity contribution in [2.24, 2.45) is 0 Å². The average molecular weight is 324 g/mol. The summed E-state index contributed by atoms with van der Waals surface area (Å²) in [6.45, 7) is 5.56. The molecule has 0 aliphatic rings. The normalized spacial score (nSPS) is 14.2. The Labute approximate surface area is 123 Å². The number of halogens is 3. The van der Waals surface area contributed by atoms with E-state index in [-0.39, 0.29) is 25.3 Å². The molecule has 0 radical (unpaired) electrons. The number of benzene rings is 1. The molecule has 0 aliphatic carbocycles. The summed E-state index contributed by atoms with van der Waals surface area (Å²) in [5.41, 5.74) is -0.251. The predicted molar refractivity (Wildman–Crippen MR) is 75.6 cm³/mol. The minimum Gasteiger partial charge on any atom is -0.309 e. The van der Waals surface area contributed by atoms with Crippen molar-refractivity contribution in [1.82, 2.24) is 0 Å². The summed E-state index contributed by atoms with van der Waals surface area (Å²) in [4.78, 5) is 0. The summed E-state index contributed by atoms with van der Waals surface area (Å²) in [5.74, 6) is -0.365. The molecule has 21 heavy (non-hydrogen) atoms. The van der Waals surface area contributed by atoms with Crippen molar-refractivity contribution in [2.75, 3.05) is 19.4 Å². The lowest BCUT2D eigenvalue weighted by Gasteiger charge is -2.21. The summed E-state index contributed by atoms with van der Waals surface area (Å²) >= 11 is 0. The summed E-state index contributed by atoms with van der Waals surface area (Å²) < 4.78 is 60.9. The van der Waals surface area contributed by atoms with E-state index in [2.05, 4.69) is 0 Å². The number of hydrogen-bond acceptors (Lipinski definition) is 3. The zero-order chi connectivity index (χ0) is 16.1. The third kappa shape index (κ3) is 5.46. The summed E-state index contributed by atoms with van der Waals surface area (Å²) in [5, 5.41) is 0. The Kier molecular flexibility index (Phi) is 6.44. The molecule has 0 spiro atoms. The molecule has 0 saturated carbocycles. The van der Waals surface area contributed by atoms with E-state index in [9.17, 15) is 17.7 Å². The van der Waals surface area contributed by atoms with Crippen LogP contribution in [0.1, 0.15) is 37.8 Å². The van der Waals surface area contributed by atoms with Crippen LogP contribution in [-0.4, -0.2) is 19.4 Å². The first-order valence-electron chi connectivity index (χ1n) is 6.77. The maximum absolute atomic E-state index is 12.7. The zero-order valence-electron chi connectivity index (χ0n) is 12.3. The number of alkyl halides is 3. The molecule has 1 atom stereocenters. The van der Waals surface area contributed by atoms with Gasteiger partial charge in [-0.05, 0) is 31.4 Å². The monoisotopic (exact) mass is 324 g/mol. The fourth-order valence-electron chi connectivity index (χ4n) is 2.00. The lowest BCUT2D eigenvalue weighted by Crippen LogP contribution is -2.09. The van der Waals surface area contributed by atoms with Crippen molar-refractivity contribution < 1.29 is 26.8 Å². The molecule has 1 rings (SSSR count). The van der Waals surface area contributed by atoms with Crippen LogP contribution in [0.15, 0.2) is 24.3 Å². The van der Waals surface area contributed by atoms with Gasteiger partial charge in [0.2, 0.25) is 0 Å². The third-order valence-corrected chi connectivity index (χ3v) is 5.23. The van der Waals surface area contributed by atoms with E-state index in [1.54, 1.807) is 26.8 Å². The van der Waals surface area contributed by atoms with Crippen LogP contribution in [0, 0.1) is 0 Å². The molecule has 0 N–H and O–H groups in total. The fraction of sp³-hybridized carbons (Fsp3) is 0.571. The van der Waals surface area contributed by atoms with Gasteiger partial charge in [0.05, 0.1) is 24.9 Å². The molecule has 7 heteroatoms. The Morgan fingerprint density at radius 2 is 1.76 bits per heavy atom. The average Bonchev–Trinajstić information content (AvgIpc) is 2.38. The fourth-order valence-corrected chi connectivity index (χ4v) is 3.95. The van der Waals surface area contributed by atoms with Crippen LogP contribution in [0.25, 0.3) is 0 Å². The van der Waals surface area contributed by atoms with Gasteiger partial charge in [0.15, 0.2) is 0 Å². The Morgan fingerprint density at radius 3 is 2.24 bits per heavy atom. The van der Waals surface area contributed by atoms with Crippen LogP contribution in [0.4, 0.5) is 13.2 Å². The predicted octanol–water partition coefficient (Wildman–Crippen LogP) is 5.08. The quantitative estimate of drug-likeness (QED) is 0.657. The number of hydrogen-bond donors (Lipinski definition) is 0.